The number of rotatable bonds is 8. The third kappa shape index (κ3) is 4.10. The average molecular weight is 315 g/mol. The van der Waals surface area contributed by atoms with Gasteiger partial charge in [0, 0.05) is 24.3 Å². The number of likely N-dealkylation sites (N-methyl/N-ethyl adjacent to an activating group) is 1. The van der Waals surface area contributed by atoms with Crippen LogP contribution >= 0.6 is 11.3 Å². The molecule has 110 valence electrons. The number of hydrogen-bond donors (Lipinski definition) is 2. The Hall–Kier alpha value is -1.29. The summed E-state index contributed by atoms with van der Waals surface area (Å²) in [6, 6.07) is 0. The van der Waals surface area contributed by atoms with Crippen molar-refractivity contribution in [2.75, 3.05) is 13.1 Å². The van der Waals surface area contributed by atoms with Gasteiger partial charge in [-0.1, -0.05) is 6.92 Å². The Morgan fingerprint density at radius 3 is 3.00 bits per heavy atom. The van der Waals surface area contributed by atoms with Gasteiger partial charge in [0.1, 0.15) is 9.90 Å². The molecule has 0 bridgehead atoms. The van der Waals surface area contributed by atoms with Gasteiger partial charge in [0.05, 0.1) is 19.3 Å². The highest BCUT2D eigenvalue weighted by atomic mass is 32.2. The van der Waals surface area contributed by atoms with Crippen molar-refractivity contribution in [3.8, 4) is 0 Å². The fraction of sp³-hybridized carbons (Fsp3) is 0.455. The van der Waals surface area contributed by atoms with Crippen molar-refractivity contribution in [2.24, 2.45) is 0 Å². The zero-order chi connectivity index (χ0) is 14.4. The molecule has 0 fully saturated rings. The van der Waals surface area contributed by atoms with Crippen molar-refractivity contribution in [2.45, 2.75) is 24.9 Å². The van der Waals surface area contributed by atoms with E-state index in [9.17, 15) is 8.42 Å². The topological polar surface area (TPSA) is 88.9 Å². The van der Waals surface area contributed by atoms with E-state index in [2.05, 4.69) is 20.1 Å². The third-order valence-electron chi connectivity index (χ3n) is 2.58. The zero-order valence-electron chi connectivity index (χ0n) is 11.1. The van der Waals surface area contributed by atoms with Crippen molar-refractivity contribution in [3.63, 3.8) is 0 Å². The van der Waals surface area contributed by atoms with E-state index in [0.29, 0.717) is 6.54 Å². The van der Waals surface area contributed by atoms with Gasteiger partial charge >= 0.3 is 0 Å². The quantitative estimate of drug-likeness (QED) is 0.690. The maximum Gasteiger partial charge on any atom is 0.244 e. The van der Waals surface area contributed by atoms with Crippen molar-refractivity contribution < 1.29 is 8.42 Å². The van der Waals surface area contributed by atoms with E-state index in [1.807, 2.05) is 12.3 Å². The van der Waals surface area contributed by atoms with Gasteiger partial charge in [-0.3, -0.25) is 4.68 Å². The summed E-state index contributed by atoms with van der Waals surface area (Å²) in [6.45, 7) is 4.48. The minimum absolute atomic E-state index is 0.172. The molecular formula is C11H17N5O2S2. The first-order valence-electron chi connectivity index (χ1n) is 6.23. The Morgan fingerprint density at radius 1 is 1.45 bits per heavy atom. The Bertz CT molecular complexity index is 621. The molecule has 9 heteroatoms. The molecule has 0 spiro atoms. The van der Waals surface area contributed by atoms with Gasteiger partial charge in [-0.05, 0) is 6.54 Å². The third-order valence-corrected chi connectivity index (χ3v) is 4.72. The summed E-state index contributed by atoms with van der Waals surface area (Å²) in [7, 11) is -3.53. The molecule has 2 N–H and O–H groups in total. The lowest BCUT2D eigenvalue weighted by molar-refractivity contribution is 0.562. The second kappa shape index (κ2) is 6.93. The lowest BCUT2D eigenvalue weighted by atomic mass is 10.6. The largest absolute Gasteiger partial charge is 0.315 e. The normalized spacial score (nSPS) is 11.8. The molecule has 0 radical (unpaired) electrons. The van der Waals surface area contributed by atoms with Crippen LogP contribution in [0.5, 0.6) is 0 Å². The van der Waals surface area contributed by atoms with Gasteiger partial charge < -0.3 is 5.32 Å². The van der Waals surface area contributed by atoms with E-state index >= 15 is 0 Å². The molecule has 2 heterocycles. The fourth-order valence-electron chi connectivity index (χ4n) is 1.56. The van der Waals surface area contributed by atoms with E-state index in [1.165, 1.54) is 23.7 Å². The molecule has 0 atom stereocenters. The van der Waals surface area contributed by atoms with Crippen LogP contribution in [-0.2, 0) is 23.1 Å². The van der Waals surface area contributed by atoms with Gasteiger partial charge in [0.2, 0.25) is 10.0 Å². The Kier molecular flexibility index (Phi) is 5.24. The minimum atomic E-state index is -3.53. The second-order valence-electron chi connectivity index (χ2n) is 4.04. The zero-order valence-corrected chi connectivity index (χ0v) is 12.7. The molecule has 0 saturated carbocycles. The van der Waals surface area contributed by atoms with E-state index in [0.717, 1.165) is 18.1 Å². The summed E-state index contributed by atoms with van der Waals surface area (Å²) in [6.07, 6.45) is 4.53. The summed E-state index contributed by atoms with van der Waals surface area (Å²) in [5, 5.41) is 9.74. The van der Waals surface area contributed by atoms with Crippen LogP contribution in [-0.4, -0.2) is 36.3 Å². The fourth-order valence-corrected chi connectivity index (χ4v) is 3.14. The lowest BCUT2D eigenvalue weighted by Crippen LogP contribution is -2.23. The van der Waals surface area contributed by atoms with Crippen LogP contribution in [0.2, 0.25) is 0 Å². The summed E-state index contributed by atoms with van der Waals surface area (Å²) in [4.78, 5) is 4.20. The van der Waals surface area contributed by atoms with Crippen LogP contribution in [0.4, 0.5) is 0 Å². The highest BCUT2D eigenvalue weighted by molar-refractivity contribution is 7.89. The Morgan fingerprint density at radius 2 is 2.30 bits per heavy atom. The number of thiazole rings is 1. The number of hydrogen-bond acceptors (Lipinski definition) is 6. The minimum Gasteiger partial charge on any atom is -0.315 e. The van der Waals surface area contributed by atoms with Gasteiger partial charge in [-0.25, -0.2) is 18.1 Å². The van der Waals surface area contributed by atoms with Crippen LogP contribution in [0.25, 0.3) is 0 Å². The molecule has 0 unspecified atom stereocenters. The highest BCUT2D eigenvalue weighted by Crippen LogP contribution is 2.09. The van der Waals surface area contributed by atoms with E-state index in [1.54, 1.807) is 10.9 Å². The average Bonchev–Trinajstić information content (AvgIpc) is 3.08. The molecular weight excluding hydrogens is 298 g/mol. The molecule has 0 aromatic carbocycles. The molecule has 0 aliphatic rings. The van der Waals surface area contributed by atoms with Crippen molar-refractivity contribution >= 4 is 21.4 Å². The van der Waals surface area contributed by atoms with Gasteiger partial charge in [-0.15, -0.1) is 11.3 Å². The standard InChI is InChI=1S/C11H17N5O2S2/c1-2-12-3-5-16-9-10(7-14-16)20(17,18)15-8-11-13-4-6-19-11/h4,6-7,9,12,15H,2-3,5,8H2,1H3. The first-order chi connectivity index (χ1) is 9.62. The lowest BCUT2D eigenvalue weighted by Gasteiger charge is -2.03. The summed E-state index contributed by atoms with van der Waals surface area (Å²) in [5.74, 6) is 0. The molecule has 0 amide bonds. The smallest absolute Gasteiger partial charge is 0.244 e. The summed E-state index contributed by atoms with van der Waals surface area (Å²) >= 11 is 1.41. The summed E-state index contributed by atoms with van der Waals surface area (Å²) in [5.41, 5.74) is 0. The van der Waals surface area contributed by atoms with Crippen LogP contribution in [0.1, 0.15) is 11.9 Å². The number of nitrogens with zero attached hydrogens (tertiary/aromatic N) is 3. The molecule has 20 heavy (non-hydrogen) atoms. The molecule has 0 saturated heterocycles. The number of sulfonamides is 1. The van der Waals surface area contributed by atoms with Crippen LogP contribution < -0.4 is 10.0 Å². The van der Waals surface area contributed by atoms with Crippen molar-refractivity contribution in [1.82, 2.24) is 24.8 Å². The van der Waals surface area contributed by atoms with Crippen LogP contribution in [0, 0.1) is 0 Å². The van der Waals surface area contributed by atoms with Gasteiger partial charge in [0.15, 0.2) is 0 Å². The van der Waals surface area contributed by atoms with E-state index in [-0.39, 0.29) is 11.4 Å². The maximum absolute atomic E-state index is 12.1. The molecule has 2 aromatic heterocycles. The van der Waals surface area contributed by atoms with Crippen LogP contribution in [0.3, 0.4) is 0 Å². The predicted molar refractivity (Wildman–Crippen MR) is 76.9 cm³/mol. The van der Waals surface area contributed by atoms with Crippen LogP contribution in [0.15, 0.2) is 28.9 Å². The first kappa shape index (κ1) is 15.1. The SMILES string of the molecule is CCNCCn1cc(S(=O)(=O)NCc2nccs2)cn1. The monoisotopic (exact) mass is 315 g/mol. The van der Waals surface area contributed by atoms with Gasteiger partial charge in [0.25, 0.3) is 0 Å². The highest BCUT2D eigenvalue weighted by Gasteiger charge is 2.16. The molecule has 0 aliphatic carbocycles. The molecule has 2 rings (SSSR count). The molecule has 2 aromatic rings. The second-order valence-corrected chi connectivity index (χ2v) is 6.79. The Labute approximate surface area is 122 Å². The van der Waals surface area contributed by atoms with E-state index in [4.69, 9.17) is 0 Å². The number of aromatic nitrogens is 3. The summed E-state index contributed by atoms with van der Waals surface area (Å²) < 4.78 is 28.3. The number of nitrogens with one attached hydrogen (secondary N) is 2. The Balaban J connectivity index is 1.95. The van der Waals surface area contributed by atoms with E-state index < -0.39 is 10.0 Å². The maximum atomic E-state index is 12.1. The predicted octanol–water partition coefficient (Wildman–Crippen LogP) is 0.428. The first-order valence-corrected chi connectivity index (χ1v) is 8.59. The van der Waals surface area contributed by atoms with Gasteiger partial charge in [-0.2, -0.15) is 5.10 Å². The molecule has 0 aliphatic heterocycles. The molecule has 7 nitrogen and oxygen atoms in total. The van der Waals surface area contributed by atoms with Crippen molar-refractivity contribution in [3.05, 3.63) is 29.0 Å². The van der Waals surface area contributed by atoms with Crippen molar-refractivity contribution in [1.29, 1.82) is 0 Å².